The Labute approximate surface area is 140 Å². The Hall–Kier alpha value is -2.73. The molecule has 2 atom stereocenters. The van der Waals surface area contributed by atoms with Crippen molar-refractivity contribution in [1.29, 1.82) is 0 Å². The highest BCUT2D eigenvalue weighted by molar-refractivity contribution is 6.05. The van der Waals surface area contributed by atoms with Gasteiger partial charge in [0, 0.05) is 6.20 Å². The van der Waals surface area contributed by atoms with Gasteiger partial charge in [-0.1, -0.05) is 36.4 Å². The van der Waals surface area contributed by atoms with Crippen LogP contribution in [0.2, 0.25) is 0 Å². The normalized spacial score (nSPS) is 13.0. The van der Waals surface area contributed by atoms with Gasteiger partial charge in [0.15, 0.2) is 0 Å². The van der Waals surface area contributed by atoms with Crippen molar-refractivity contribution in [3.63, 3.8) is 0 Å². The van der Waals surface area contributed by atoms with E-state index >= 15 is 0 Å². The number of primary amides is 1. The lowest BCUT2D eigenvalue weighted by Crippen LogP contribution is -2.37. The fraction of sp³-hybridized carbons (Fsp3) is 0.278. The van der Waals surface area contributed by atoms with E-state index in [4.69, 9.17) is 5.73 Å². The summed E-state index contributed by atoms with van der Waals surface area (Å²) in [4.78, 5) is 27.7. The van der Waals surface area contributed by atoms with E-state index in [2.05, 4.69) is 10.3 Å². The number of aryl methyl sites for hydroxylation is 1. The second kappa shape index (κ2) is 8.79. The molecule has 0 radical (unpaired) electrons. The van der Waals surface area contributed by atoms with E-state index in [0.717, 1.165) is 5.56 Å². The molecule has 1 aromatic carbocycles. The van der Waals surface area contributed by atoms with E-state index in [1.807, 2.05) is 30.3 Å². The zero-order valence-electron chi connectivity index (χ0n) is 13.3. The summed E-state index contributed by atoms with van der Waals surface area (Å²) in [6, 6.07) is 14.7. The number of rotatable bonds is 8. The molecule has 0 spiro atoms. The highest BCUT2D eigenvalue weighted by Gasteiger charge is 2.27. The molecule has 2 rings (SSSR count). The van der Waals surface area contributed by atoms with Crippen LogP contribution in [0.5, 0.6) is 0 Å². The highest BCUT2D eigenvalue weighted by Crippen LogP contribution is 2.14. The Morgan fingerprint density at radius 3 is 2.46 bits per heavy atom. The summed E-state index contributed by atoms with van der Waals surface area (Å²) in [5.74, 6) is -2.08. The van der Waals surface area contributed by atoms with Crippen molar-refractivity contribution in [2.45, 2.75) is 25.4 Å². The number of benzene rings is 1. The summed E-state index contributed by atoms with van der Waals surface area (Å²) >= 11 is 0. The molecule has 0 unspecified atom stereocenters. The number of carbonyl (C=O) groups excluding carboxylic acids is 2. The minimum Gasteiger partial charge on any atom is -0.393 e. The van der Waals surface area contributed by atoms with Crippen LogP contribution in [0.25, 0.3) is 0 Å². The van der Waals surface area contributed by atoms with Gasteiger partial charge in [0.25, 0.3) is 0 Å². The van der Waals surface area contributed by atoms with E-state index in [1.165, 1.54) is 6.20 Å². The molecule has 2 amide bonds. The third-order valence-corrected chi connectivity index (χ3v) is 3.69. The van der Waals surface area contributed by atoms with Gasteiger partial charge in [0.1, 0.15) is 11.7 Å². The molecule has 4 N–H and O–H groups in total. The van der Waals surface area contributed by atoms with Crippen molar-refractivity contribution in [3.05, 3.63) is 60.3 Å². The second-order valence-corrected chi connectivity index (χ2v) is 5.57. The number of pyridine rings is 1. The second-order valence-electron chi connectivity index (χ2n) is 5.57. The SMILES string of the molecule is NC(=O)[C@@H](C[C@@H](O)CCc1ccccc1)C(=O)Nc1ccccn1. The first-order valence-electron chi connectivity index (χ1n) is 7.79. The Morgan fingerprint density at radius 2 is 1.83 bits per heavy atom. The van der Waals surface area contributed by atoms with Crippen LogP contribution >= 0.6 is 0 Å². The number of hydrogen-bond acceptors (Lipinski definition) is 4. The average molecular weight is 327 g/mol. The number of nitrogens with zero attached hydrogens (tertiary/aromatic N) is 1. The first-order valence-corrected chi connectivity index (χ1v) is 7.79. The molecule has 1 aromatic heterocycles. The molecule has 2 aromatic rings. The van der Waals surface area contributed by atoms with Gasteiger partial charge in [-0.15, -0.1) is 0 Å². The molecule has 0 aliphatic carbocycles. The lowest BCUT2D eigenvalue weighted by Gasteiger charge is -2.17. The highest BCUT2D eigenvalue weighted by atomic mass is 16.3. The lowest BCUT2D eigenvalue weighted by molar-refractivity contribution is -0.131. The van der Waals surface area contributed by atoms with E-state index < -0.39 is 23.8 Å². The number of carbonyl (C=O) groups is 2. The predicted molar refractivity (Wildman–Crippen MR) is 90.9 cm³/mol. The van der Waals surface area contributed by atoms with Gasteiger partial charge < -0.3 is 16.2 Å². The molecule has 0 fully saturated rings. The van der Waals surface area contributed by atoms with Crippen LogP contribution in [0.15, 0.2) is 54.7 Å². The molecule has 0 aliphatic rings. The van der Waals surface area contributed by atoms with Gasteiger partial charge in [-0.05, 0) is 37.0 Å². The molecular weight excluding hydrogens is 306 g/mol. The van der Waals surface area contributed by atoms with Crippen LogP contribution in [0.1, 0.15) is 18.4 Å². The minimum absolute atomic E-state index is 0.0131. The van der Waals surface area contributed by atoms with Gasteiger partial charge in [-0.3, -0.25) is 9.59 Å². The quantitative estimate of drug-likeness (QED) is 0.639. The van der Waals surface area contributed by atoms with Crippen molar-refractivity contribution in [1.82, 2.24) is 4.98 Å². The Balaban J connectivity index is 1.90. The smallest absolute Gasteiger partial charge is 0.238 e. The maximum Gasteiger partial charge on any atom is 0.238 e. The third kappa shape index (κ3) is 5.48. The average Bonchev–Trinajstić information content (AvgIpc) is 2.59. The first kappa shape index (κ1) is 17.6. The summed E-state index contributed by atoms with van der Waals surface area (Å²) in [5.41, 5.74) is 6.40. The fourth-order valence-corrected chi connectivity index (χ4v) is 2.37. The van der Waals surface area contributed by atoms with Gasteiger partial charge in [-0.25, -0.2) is 4.98 Å². The summed E-state index contributed by atoms with van der Waals surface area (Å²) in [6.45, 7) is 0. The van der Waals surface area contributed by atoms with Crippen molar-refractivity contribution < 1.29 is 14.7 Å². The van der Waals surface area contributed by atoms with E-state index in [1.54, 1.807) is 18.2 Å². The molecule has 0 saturated heterocycles. The van der Waals surface area contributed by atoms with Crippen LogP contribution in [0.4, 0.5) is 5.82 Å². The number of nitrogens with two attached hydrogens (primary N) is 1. The molecule has 24 heavy (non-hydrogen) atoms. The molecule has 0 saturated carbocycles. The van der Waals surface area contributed by atoms with Gasteiger partial charge in [0.2, 0.25) is 11.8 Å². The number of amides is 2. The molecular formula is C18H21N3O3. The van der Waals surface area contributed by atoms with Gasteiger partial charge >= 0.3 is 0 Å². The maximum atomic E-state index is 12.2. The third-order valence-electron chi connectivity index (χ3n) is 3.69. The van der Waals surface area contributed by atoms with Crippen LogP contribution < -0.4 is 11.1 Å². The summed E-state index contributed by atoms with van der Waals surface area (Å²) < 4.78 is 0. The maximum absolute atomic E-state index is 12.2. The van der Waals surface area contributed by atoms with Crippen LogP contribution in [-0.2, 0) is 16.0 Å². The summed E-state index contributed by atoms with van der Waals surface area (Å²) in [7, 11) is 0. The Kier molecular flexibility index (Phi) is 6.45. The van der Waals surface area contributed by atoms with Crippen LogP contribution in [0.3, 0.4) is 0 Å². The van der Waals surface area contributed by atoms with Crippen molar-refractivity contribution >= 4 is 17.6 Å². The van der Waals surface area contributed by atoms with E-state index in [0.29, 0.717) is 18.7 Å². The number of aromatic nitrogens is 1. The van der Waals surface area contributed by atoms with Crippen LogP contribution in [0, 0.1) is 5.92 Å². The number of aliphatic hydroxyl groups is 1. The lowest BCUT2D eigenvalue weighted by atomic mass is 9.96. The number of aliphatic hydroxyl groups excluding tert-OH is 1. The molecule has 1 heterocycles. The molecule has 6 nitrogen and oxygen atoms in total. The van der Waals surface area contributed by atoms with Gasteiger partial charge in [0.05, 0.1) is 6.10 Å². The zero-order chi connectivity index (χ0) is 17.4. The first-order chi connectivity index (χ1) is 11.6. The zero-order valence-corrected chi connectivity index (χ0v) is 13.3. The standard InChI is InChI=1S/C18H21N3O3/c19-17(23)15(18(24)21-16-8-4-5-11-20-16)12-14(22)10-9-13-6-2-1-3-7-13/h1-8,11,14-15,22H,9-10,12H2,(H2,19,23)(H,20,21,24)/t14-,15+/m0/s1. The molecule has 0 bridgehead atoms. The van der Waals surface area contributed by atoms with Crippen molar-refractivity contribution in [2.75, 3.05) is 5.32 Å². The van der Waals surface area contributed by atoms with E-state index in [-0.39, 0.29) is 6.42 Å². The number of anilines is 1. The molecule has 6 heteroatoms. The van der Waals surface area contributed by atoms with Crippen molar-refractivity contribution in [3.8, 4) is 0 Å². The summed E-state index contributed by atoms with van der Waals surface area (Å²) in [6.07, 6.45) is 1.84. The van der Waals surface area contributed by atoms with E-state index in [9.17, 15) is 14.7 Å². The molecule has 126 valence electrons. The Bertz CT molecular complexity index is 662. The fourth-order valence-electron chi connectivity index (χ4n) is 2.37. The van der Waals surface area contributed by atoms with Gasteiger partial charge in [-0.2, -0.15) is 0 Å². The summed E-state index contributed by atoms with van der Waals surface area (Å²) in [5, 5.41) is 12.7. The number of nitrogens with one attached hydrogen (secondary N) is 1. The Morgan fingerprint density at radius 1 is 1.12 bits per heavy atom. The predicted octanol–water partition coefficient (Wildman–Crippen LogP) is 1.51. The monoisotopic (exact) mass is 327 g/mol. The number of hydrogen-bond donors (Lipinski definition) is 3. The van der Waals surface area contributed by atoms with Crippen molar-refractivity contribution in [2.24, 2.45) is 11.7 Å². The van der Waals surface area contributed by atoms with Crippen LogP contribution in [-0.4, -0.2) is 28.0 Å². The largest absolute Gasteiger partial charge is 0.393 e. The molecule has 0 aliphatic heterocycles. The topological polar surface area (TPSA) is 105 Å². The minimum atomic E-state index is -1.10.